The van der Waals surface area contributed by atoms with Crippen LogP contribution >= 0.6 is 11.8 Å². The van der Waals surface area contributed by atoms with Crippen molar-refractivity contribution in [1.82, 2.24) is 5.32 Å². The highest BCUT2D eigenvalue weighted by Gasteiger charge is 2.48. The van der Waals surface area contributed by atoms with E-state index in [1.54, 1.807) is 5.56 Å². The maximum Gasteiger partial charge on any atom is 0.00822 e. The van der Waals surface area contributed by atoms with Crippen LogP contribution in [0.25, 0.3) is 0 Å². The smallest absolute Gasteiger partial charge is 0.00822 e. The molecule has 1 aromatic carbocycles. The highest BCUT2D eigenvalue weighted by molar-refractivity contribution is 8.00. The second-order valence-electron chi connectivity index (χ2n) is 5.92. The molecule has 2 aliphatic rings. The second kappa shape index (κ2) is 4.90. The molecule has 98 valence electrons. The Morgan fingerprint density at radius 2 is 2.22 bits per heavy atom. The third-order valence-corrected chi connectivity index (χ3v) is 6.41. The summed E-state index contributed by atoms with van der Waals surface area (Å²) in [5.41, 5.74) is 3.49. The monoisotopic (exact) mass is 261 g/mol. The van der Waals surface area contributed by atoms with Crippen molar-refractivity contribution in [2.45, 2.75) is 37.9 Å². The van der Waals surface area contributed by atoms with Crippen LogP contribution in [0.3, 0.4) is 0 Å². The van der Waals surface area contributed by atoms with Crippen LogP contribution in [-0.2, 0) is 0 Å². The zero-order chi connectivity index (χ0) is 12.6. The lowest BCUT2D eigenvalue weighted by Gasteiger charge is -2.45. The van der Waals surface area contributed by atoms with Gasteiger partial charge in [-0.15, -0.1) is 0 Å². The van der Waals surface area contributed by atoms with Crippen LogP contribution in [0.15, 0.2) is 24.3 Å². The molecule has 0 aliphatic carbocycles. The first-order chi connectivity index (χ1) is 8.72. The number of benzene rings is 1. The summed E-state index contributed by atoms with van der Waals surface area (Å²) in [6.45, 7) is 7.02. The summed E-state index contributed by atoms with van der Waals surface area (Å²) in [7, 11) is 0. The lowest BCUT2D eigenvalue weighted by atomic mass is 9.64. The Hall–Kier alpha value is -0.470. The summed E-state index contributed by atoms with van der Waals surface area (Å²) in [6.07, 6.45) is 2.75. The van der Waals surface area contributed by atoms with Gasteiger partial charge in [-0.25, -0.2) is 0 Å². The van der Waals surface area contributed by atoms with Crippen molar-refractivity contribution >= 4 is 11.8 Å². The van der Waals surface area contributed by atoms with Crippen LogP contribution in [0.1, 0.15) is 36.8 Å². The van der Waals surface area contributed by atoms with E-state index >= 15 is 0 Å². The van der Waals surface area contributed by atoms with Crippen LogP contribution in [0.4, 0.5) is 0 Å². The van der Waals surface area contributed by atoms with Crippen LogP contribution in [0.5, 0.6) is 0 Å². The van der Waals surface area contributed by atoms with Gasteiger partial charge in [0, 0.05) is 17.7 Å². The SMILES string of the molecule is Cc1cccc(C2CNCCC23CCSC3C)c1. The molecule has 1 N–H and O–H groups in total. The molecular formula is C16H23NS. The van der Waals surface area contributed by atoms with Gasteiger partial charge in [-0.1, -0.05) is 36.8 Å². The molecule has 3 rings (SSSR count). The van der Waals surface area contributed by atoms with E-state index in [2.05, 4.69) is 55.2 Å². The van der Waals surface area contributed by atoms with Gasteiger partial charge < -0.3 is 5.32 Å². The zero-order valence-electron chi connectivity index (χ0n) is 11.4. The summed E-state index contributed by atoms with van der Waals surface area (Å²) in [5, 5.41) is 4.43. The first-order valence-electron chi connectivity index (χ1n) is 7.11. The molecule has 1 aromatic rings. The molecule has 2 heteroatoms. The highest BCUT2D eigenvalue weighted by Crippen LogP contribution is 2.55. The third-order valence-electron chi connectivity index (χ3n) is 5.00. The highest BCUT2D eigenvalue weighted by atomic mass is 32.2. The Bertz CT molecular complexity index is 431. The molecule has 2 fully saturated rings. The quantitative estimate of drug-likeness (QED) is 0.829. The summed E-state index contributed by atoms with van der Waals surface area (Å²) < 4.78 is 0. The summed E-state index contributed by atoms with van der Waals surface area (Å²) >= 11 is 2.18. The maximum atomic E-state index is 3.62. The van der Waals surface area contributed by atoms with Crippen molar-refractivity contribution in [2.75, 3.05) is 18.8 Å². The Morgan fingerprint density at radius 3 is 2.94 bits per heavy atom. The van der Waals surface area contributed by atoms with Crippen molar-refractivity contribution < 1.29 is 0 Å². The van der Waals surface area contributed by atoms with E-state index < -0.39 is 0 Å². The second-order valence-corrected chi connectivity index (χ2v) is 7.37. The van der Waals surface area contributed by atoms with Crippen LogP contribution in [-0.4, -0.2) is 24.1 Å². The van der Waals surface area contributed by atoms with Crippen LogP contribution in [0, 0.1) is 12.3 Å². The Kier molecular flexibility index (Phi) is 3.42. The van der Waals surface area contributed by atoms with Gasteiger partial charge in [-0.05, 0) is 43.0 Å². The lowest BCUT2D eigenvalue weighted by molar-refractivity contribution is 0.166. The van der Waals surface area contributed by atoms with E-state index in [1.165, 1.54) is 30.7 Å². The fourth-order valence-electron chi connectivity index (χ4n) is 3.86. The minimum absolute atomic E-state index is 0.545. The Morgan fingerprint density at radius 1 is 1.33 bits per heavy atom. The van der Waals surface area contributed by atoms with Crippen molar-refractivity contribution in [3.8, 4) is 0 Å². The first kappa shape index (κ1) is 12.6. The number of hydrogen-bond acceptors (Lipinski definition) is 2. The molecule has 2 saturated heterocycles. The van der Waals surface area contributed by atoms with E-state index in [4.69, 9.17) is 0 Å². The van der Waals surface area contributed by atoms with E-state index in [-0.39, 0.29) is 0 Å². The van der Waals surface area contributed by atoms with Crippen molar-refractivity contribution in [1.29, 1.82) is 0 Å². The number of aryl methyl sites for hydroxylation is 1. The van der Waals surface area contributed by atoms with Crippen molar-refractivity contribution in [3.63, 3.8) is 0 Å². The number of piperidine rings is 1. The largest absolute Gasteiger partial charge is 0.316 e. The van der Waals surface area contributed by atoms with Gasteiger partial charge in [-0.3, -0.25) is 0 Å². The summed E-state index contributed by atoms with van der Waals surface area (Å²) in [4.78, 5) is 0. The van der Waals surface area contributed by atoms with E-state index in [0.717, 1.165) is 11.8 Å². The molecule has 2 heterocycles. The van der Waals surface area contributed by atoms with Gasteiger partial charge in [-0.2, -0.15) is 11.8 Å². The molecule has 2 aliphatic heterocycles. The van der Waals surface area contributed by atoms with Crippen molar-refractivity contribution in [3.05, 3.63) is 35.4 Å². The minimum atomic E-state index is 0.545. The average Bonchev–Trinajstić information content (AvgIpc) is 2.72. The van der Waals surface area contributed by atoms with E-state index in [0.29, 0.717) is 11.3 Å². The fourth-order valence-corrected chi connectivity index (χ4v) is 5.45. The molecule has 1 spiro atoms. The van der Waals surface area contributed by atoms with Crippen molar-refractivity contribution in [2.24, 2.45) is 5.41 Å². The molecule has 0 bridgehead atoms. The summed E-state index contributed by atoms with van der Waals surface area (Å²) in [6, 6.07) is 9.16. The van der Waals surface area contributed by atoms with Gasteiger partial charge >= 0.3 is 0 Å². The molecule has 0 saturated carbocycles. The van der Waals surface area contributed by atoms with Gasteiger partial charge in [0.25, 0.3) is 0 Å². The van der Waals surface area contributed by atoms with Crippen LogP contribution < -0.4 is 5.32 Å². The predicted molar refractivity (Wildman–Crippen MR) is 80.4 cm³/mol. The molecule has 0 aromatic heterocycles. The van der Waals surface area contributed by atoms with Gasteiger partial charge in [0.2, 0.25) is 0 Å². The molecule has 18 heavy (non-hydrogen) atoms. The average molecular weight is 261 g/mol. The molecule has 3 unspecified atom stereocenters. The molecule has 0 amide bonds. The normalized spacial score (nSPS) is 36.1. The number of rotatable bonds is 1. The molecule has 1 nitrogen and oxygen atoms in total. The maximum absolute atomic E-state index is 3.62. The fraction of sp³-hybridized carbons (Fsp3) is 0.625. The van der Waals surface area contributed by atoms with Gasteiger partial charge in [0.05, 0.1) is 0 Å². The molecule has 3 atom stereocenters. The number of nitrogens with one attached hydrogen (secondary N) is 1. The Balaban J connectivity index is 1.97. The van der Waals surface area contributed by atoms with E-state index in [1.807, 2.05) is 0 Å². The van der Waals surface area contributed by atoms with Gasteiger partial charge in [0.15, 0.2) is 0 Å². The minimum Gasteiger partial charge on any atom is -0.316 e. The standard InChI is InChI=1S/C16H23NS/c1-12-4-3-5-14(10-12)15-11-17-8-6-16(15)7-9-18-13(16)2/h3-5,10,13,15,17H,6-9,11H2,1-2H3. The number of thioether (sulfide) groups is 1. The van der Waals surface area contributed by atoms with Gasteiger partial charge in [0.1, 0.15) is 0 Å². The van der Waals surface area contributed by atoms with E-state index in [9.17, 15) is 0 Å². The lowest BCUT2D eigenvalue weighted by Crippen LogP contribution is -2.46. The first-order valence-corrected chi connectivity index (χ1v) is 8.16. The Labute approximate surface area is 115 Å². The number of hydrogen-bond donors (Lipinski definition) is 1. The topological polar surface area (TPSA) is 12.0 Å². The molecular weight excluding hydrogens is 238 g/mol. The molecule has 0 radical (unpaired) electrons. The summed E-state index contributed by atoms with van der Waals surface area (Å²) in [5.74, 6) is 2.06. The zero-order valence-corrected chi connectivity index (χ0v) is 12.2. The van der Waals surface area contributed by atoms with Crippen LogP contribution in [0.2, 0.25) is 0 Å². The predicted octanol–water partition coefficient (Wildman–Crippen LogP) is 3.58. The third kappa shape index (κ3) is 2.00.